The smallest absolute Gasteiger partial charge is 0.227 e. The van der Waals surface area contributed by atoms with Crippen LogP contribution in [-0.2, 0) is 23.0 Å². The third kappa shape index (κ3) is 3.28. The Hall–Kier alpha value is -2.34. The first kappa shape index (κ1) is 16.5. The largest absolute Gasteiger partial charge is 0.494 e. The molecule has 3 rings (SSSR count). The number of hydrogen-bond donors (Lipinski definition) is 0. The zero-order valence-electron chi connectivity index (χ0n) is 13.9. The summed E-state index contributed by atoms with van der Waals surface area (Å²) in [6.07, 6.45) is 2.10. The van der Waals surface area contributed by atoms with Crippen LogP contribution in [0.4, 0.5) is 4.39 Å². The fourth-order valence-electron chi connectivity index (χ4n) is 3.06. The number of rotatable bonds is 4. The number of hydrogen-bond acceptors (Lipinski definition) is 3. The number of halogens is 1. The minimum atomic E-state index is -0.455. The molecule has 24 heavy (non-hydrogen) atoms. The lowest BCUT2D eigenvalue weighted by Crippen LogP contribution is -2.44. The predicted octanol–water partition coefficient (Wildman–Crippen LogP) is 2.32. The number of amides is 1. The van der Waals surface area contributed by atoms with Crippen LogP contribution >= 0.6 is 0 Å². The van der Waals surface area contributed by atoms with E-state index in [-0.39, 0.29) is 24.1 Å². The molecule has 2 aromatic rings. The number of ether oxygens (including phenoxy) is 2. The molecule has 128 valence electrons. The van der Waals surface area contributed by atoms with Crippen LogP contribution in [0.2, 0.25) is 0 Å². The van der Waals surface area contributed by atoms with Crippen LogP contribution in [0.15, 0.2) is 36.5 Å². The second-order valence-corrected chi connectivity index (χ2v) is 5.87. The first-order valence-electron chi connectivity index (χ1n) is 7.91. The quantitative estimate of drug-likeness (QED) is 0.863. The number of carbonyl (C=O) groups excluding carboxylic acids is 1. The Labute approximate surface area is 140 Å². The van der Waals surface area contributed by atoms with Gasteiger partial charge in [-0.3, -0.25) is 4.79 Å². The molecule has 0 bridgehead atoms. The van der Waals surface area contributed by atoms with Crippen molar-refractivity contribution in [2.45, 2.75) is 12.5 Å². The number of carbonyl (C=O) groups is 1. The van der Waals surface area contributed by atoms with Crippen molar-refractivity contribution in [2.75, 3.05) is 26.9 Å². The van der Waals surface area contributed by atoms with Crippen molar-refractivity contribution in [3.05, 3.63) is 53.6 Å². The molecule has 5 nitrogen and oxygen atoms in total. The molecule has 6 heteroatoms. The third-order valence-electron chi connectivity index (χ3n) is 4.35. The molecule has 0 aliphatic carbocycles. The van der Waals surface area contributed by atoms with Gasteiger partial charge in [0.05, 0.1) is 32.8 Å². The van der Waals surface area contributed by atoms with Crippen molar-refractivity contribution >= 4 is 5.91 Å². The zero-order valence-corrected chi connectivity index (χ0v) is 13.9. The van der Waals surface area contributed by atoms with E-state index in [9.17, 15) is 9.18 Å². The maximum Gasteiger partial charge on any atom is 0.227 e. The van der Waals surface area contributed by atoms with E-state index in [1.807, 2.05) is 34.8 Å². The van der Waals surface area contributed by atoms with Crippen LogP contribution in [0.3, 0.4) is 0 Å². The van der Waals surface area contributed by atoms with Crippen LogP contribution in [-0.4, -0.2) is 42.2 Å². The molecule has 0 N–H and O–H groups in total. The highest BCUT2D eigenvalue weighted by Gasteiger charge is 2.30. The average molecular weight is 332 g/mol. The van der Waals surface area contributed by atoms with E-state index >= 15 is 0 Å². The molecule has 1 aromatic heterocycles. The highest BCUT2D eigenvalue weighted by Crippen LogP contribution is 2.26. The molecule has 0 unspecified atom stereocenters. The molecule has 0 spiro atoms. The van der Waals surface area contributed by atoms with Crippen molar-refractivity contribution in [1.29, 1.82) is 0 Å². The Morgan fingerprint density at radius 1 is 1.42 bits per heavy atom. The van der Waals surface area contributed by atoms with Crippen LogP contribution in [0, 0.1) is 5.82 Å². The molecule has 1 amide bonds. The standard InChI is InChI=1S/C18H21FN2O3/c1-20-7-3-4-15(20)16-12-24-9-8-21(16)18(22)11-13-5-6-17(23-2)14(19)10-13/h3-7,10,16H,8-9,11-12H2,1-2H3/t16-/m0/s1. The molecule has 0 saturated carbocycles. The molecule has 1 fully saturated rings. The van der Waals surface area contributed by atoms with E-state index in [2.05, 4.69) is 0 Å². The normalized spacial score (nSPS) is 17.8. The van der Waals surface area contributed by atoms with Gasteiger partial charge >= 0.3 is 0 Å². The first-order chi connectivity index (χ1) is 11.6. The molecule has 1 aliphatic heterocycles. The molecule has 1 aliphatic rings. The van der Waals surface area contributed by atoms with Gasteiger partial charge in [0.25, 0.3) is 0 Å². The van der Waals surface area contributed by atoms with Gasteiger partial charge in [0.1, 0.15) is 0 Å². The Kier molecular flexibility index (Phi) is 4.85. The second-order valence-electron chi connectivity index (χ2n) is 5.87. The lowest BCUT2D eigenvalue weighted by Gasteiger charge is -2.36. The second kappa shape index (κ2) is 7.05. The van der Waals surface area contributed by atoms with E-state index in [1.165, 1.54) is 13.2 Å². The van der Waals surface area contributed by atoms with Gasteiger partial charge in [0, 0.05) is 25.5 Å². The molecule has 0 radical (unpaired) electrons. The number of benzene rings is 1. The summed E-state index contributed by atoms with van der Waals surface area (Å²) in [7, 11) is 3.37. The van der Waals surface area contributed by atoms with Gasteiger partial charge in [-0.25, -0.2) is 4.39 Å². The summed E-state index contributed by atoms with van der Waals surface area (Å²) in [5.41, 5.74) is 1.67. The maximum atomic E-state index is 13.8. The molecule has 2 heterocycles. The van der Waals surface area contributed by atoms with E-state index in [0.29, 0.717) is 25.3 Å². The molecular weight excluding hydrogens is 311 g/mol. The topological polar surface area (TPSA) is 43.7 Å². The SMILES string of the molecule is COc1ccc(CC(=O)N2CCOC[C@H]2c2cccn2C)cc1F. The summed E-state index contributed by atoms with van der Waals surface area (Å²) in [6.45, 7) is 1.53. The summed E-state index contributed by atoms with van der Waals surface area (Å²) in [4.78, 5) is 14.6. The van der Waals surface area contributed by atoms with Crippen LogP contribution in [0.1, 0.15) is 17.3 Å². The lowest BCUT2D eigenvalue weighted by molar-refractivity contribution is -0.139. The van der Waals surface area contributed by atoms with Crippen LogP contribution < -0.4 is 4.74 Å². The Bertz CT molecular complexity index is 729. The average Bonchev–Trinajstić information content (AvgIpc) is 3.01. The number of morpholine rings is 1. The van der Waals surface area contributed by atoms with Gasteiger partial charge in [-0.05, 0) is 29.8 Å². The highest BCUT2D eigenvalue weighted by molar-refractivity contribution is 5.79. The zero-order chi connectivity index (χ0) is 17.1. The van der Waals surface area contributed by atoms with Crippen molar-refractivity contribution in [3.8, 4) is 5.75 Å². The highest BCUT2D eigenvalue weighted by atomic mass is 19.1. The molecule has 1 saturated heterocycles. The summed E-state index contributed by atoms with van der Waals surface area (Å²) in [6, 6.07) is 8.45. The number of methoxy groups -OCH3 is 1. The molecular formula is C18H21FN2O3. The Morgan fingerprint density at radius 3 is 2.92 bits per heavy atom. The summed E-state index contributed by atoms with van der Waals surface area (Å²) in [5, 5.41) is 0. The van der Waals surface area contributed by atoms with Crippen molar-refractivity contribution < 1.29 is 18.7 Å². The lowest BCUT2D eigenvalue weighted by atomic mass is 10.1. The van der Waals surface area contributed by atoms with E-state index in [4.69, 9.17) is 9.47 Å². The molecule has 1 aromatic carbocycles. The van der Waals surface area contributed by atoms with Crippen LogP contribution in [0.25, 0.3) is 0 Å². The van der Waals surface area contributed by atoms with Gasteiger partial charge in [-0.15, -0.1) is 0 Å². The van der Waals surface area contributed by atoms with E-state index < -0.39 is 5.82 Å². The first-order valence-corrected chi connectivity index (χ1v) is 7.91. The van der Waals surface area contributed by atoms with Crippen molar-refractivity contribution in [3.63, 3.8) is 0 Å². The van der Waals surface area contributed by atoms with Gasteiger partial charge in [0.2, 0.25) is 5.91 Å². The van der Waals surface area contributed by atoms with Gasteiger partial charge in [-0.1, -0.05) is 6.07 Å². The number of nitrogens with zero attached hydrogens (tertiary/aromatic N) is 2. The monoisotopic (exact) mass is 332 g/mol. The Morgan fingerprint density at radius 2 is 2.25 bits per heavy atom. The Balaban J connectivity index is 1.77. The fraction of sp³-hybridized carbons (Fsp3) is 0.389. The minimum absolute atomic E-state index is 0.0333. The van der Waals surface area contributed by atoms with Gasteiger partial charge in [0.15, 0.2) is 11.6 Å². The maximum absolute atomic E-state index is 13.8. The van der Waals surface area contributed by atoms with Crippen LogP contribution in [0.5, 0.6) is 5.75 Å². The van der Waals surface area contributed by atoms with Crippen molar-refractivity contribution in [1.82, 2.24) is 9.47 Å². The van der Waals surface area contributed by atoms with E-state index in [0.717, 1.165) is 5.69 Å². The van der Waals surface area contributed by atoms with Gasteiger partial charge in [-0.2, -0.15) is 0 Å². The summed E-state index contributed by atoms with van der Waals surface area (Å²) >= 11 is 0. The summed E-state index contributed by atoms with van der Waals surface area (Å²) < 4.78 is 26.3. The van der Waals surface area contributed by atoms with E-state index in [1.54, 1.807) is 12.1 Å². The number of aryl methyl sites for hydroxylation is 1. The van der Waals surface area contributed by atoms with Crippen molar-refractivity contribution in [2.24, 2.45) is 7.05 Å². The minimum Gasteiger partial charge on any atom is -0.494 e. The third-order valence-corrected chi connectivity index (χ3v) is 4.35. The van der Waals surface area contributed by atoms with Gasteiger partial charge < -0.3 is 18.9 Å². The fourth-order valence-corrected chi connectivity index (χ4v) is 3.06. The predicted molar refractivity (Wildman–Crippen MR) is 87.3 cm³/mol. The summed E-state index contributed by atoms with van der Waals surface area (Å²) in [5.74, 6) is -0.308. The molecule has 1 atom stereocenters. The number of aromatic nitrogens is 1.